The number of nitrogens with zero attached hydrogens (tertiary/aromatic N) is 1. The monoisotopic (exact) mass is 362 g/mol. The molecule has 0 bridgehead atoms. The maximum Gasteiger partial charge on any atom is 0.266 e. The Kier molecular flexibility index (Phi) is 3.65. The van der Waals surface area contributed by atoms with Gasteiger partial charge in [-0.1, -0.05) is 28.1 Å². The lowest BCUT2D eigenvalue weighted by Crippen LogP contribution is -2.21. The Morgan fingerprint density at radius 3 is 2.76 bits per heavy atom. The van der Waals surface area contributed by atoms with Gasteiger partial charge < -0.3 is 9.72 Å². The normalized spacial score (nSPS) is 10.8. The van der Waals surface area contributed by atoms with Gasteiger partial charge in [0.25, 0.3) is 5.56 Å². The lowest BCUT2D eigenvalue weighted by atomic mass is 10.2. The largest absolute Gasteiger partial charge is 0.495 e. The quantitative estimate of drug-likeness (QED) is 0.705. The number of ether oxygens (including phenoxy) is 1. The molecule has 3 aromatic rings. The van der Waals surface area contributed by atoms with Gasteiger partial charge in [0.05, 0.1) is 23.7 Å². The van der Waals surface area contributed by atoms with Crippen molar-refractivity contribution in [2.24, 2.45) is 0 Å². The van der Waals surface area contributed by atoms with Crippen molar-refractivity contribution in [2.45, 2.75) is 0 Å². The summed E-state index contributed by atoms with van der Waals surface area (Å²) in [6, 6.07) is 12.7. The van der Waals surface area contributed by atoms with E-state index in [9.17, 15) is 4.79 Å². The van der Waals surface area contributed by atoms with Crippen molar-refractivity contribution in [1.82, 2.24) is 9.55 Å². The van der Waals surface area contributed by atoms with E-state index in [-0.39, 0.29) is 5.56 Å². The first-order valence-electron chi connectivity index (χ1n) is 6.20. The predicted octanol–water partition coefficient (Wildman–Crippen LogP) is 3.82. The van der Waals surface area contributed by atoms with Crippen LogP contribution in [0.5, 0.6) is 5.75 Å². The average Bonchev–Trinajstić information content (AvgIpc) is 2.47. The van der Waals surface area contributed by atoms with E-state index < -0.39 is 0 Å². The topological polar surface area (TPSA) is 47.0 Å². The minimum atomic E-state index is -0.175. The number of H-pyrrole nitrogens is 1. The van der Waals surface area contributed by atoms with Crippen LogP contribution in [-0.4, -0.2) is 16.7 Å². The van der Waals surface area contributed by atoms with Crippen LogP contribution in [0.25, 0.3) is 16.6 Å². The molecule has 0 aliphatic rings. The molecule has 0 aliphatic heterocycles. The van der Waals surface area contributed by atoms with E-state index in [1.165, 1.54) is 4.57 Å². The zero-order valence-electron chi connectivity index (χ0n) is 11.1. The second kappa shape index (κ2) is 5.46. The maximum absolute atomic E-state index is 12.7. The lowest BCUT2D eigenvalue weighted by molar-refractivity contribution is 0.412. The summed E-state index contributed by atoms with van der Waals surface area (Å²) in [5.41, 5.74) is 1.15. The van der Waals surface area contributed by atoms with Crippen molar-refractivity contribution >= 4 is 39.1 Å². The second-order valence-electron chi connectivity index (χ2n) is 4.43. The first-order chi connectivity index (χ1) is 10.1. The van der Waals surface area contributed by atoms with Crippen molar-refractivity contribution in [1.29, 1.82) is 0 Å². The van der Waals surface area contributed by atoms with Gasteiger partial charge in [-0.25, -0.2) is 4.57 Å². The Balaban J connectivity index is 2.41. The number of aromatic amines is 1. The first-order valence-corrected chi connectivity index (χ1v) is 7.40. The summed E-state index contributed by atoms with van der Waals surface area (Å²) in [6.45, 7) is 0. The number of halogens is 1. The van der Waals surface area contributed by atoms with Gasteiger partial charge in [0.1, 0.15) is 5.75 Å². The molecule has 3 rings (SSSR count). The summed E-state index contributed by atoms with van der Waals surface area (Å²) in [7, 11) is 1.56. The molecule has 21 heavy (non-hydrogen) atoms. The van der Waals surface area contributed by atoms with Crippen LogP contribution in [0.15, 0.2) is 51.7 Å². The molecule has 2 aromatic carbocycles. The standard InChI is InChI=1S/C15H11BrN2O2S/c1-20-13-5-3-2-4-12(13)18-14(19)10-7-6-9(16)8-11(10)17-15(18)21/h2-8H,1H3,(H,17,21). The van der Waals surface area contributed by atoms with Gasteiger partial charge in [-0.05, 0) is 42.5 Å². The summed E-state index contributed by atoms with van der Waals surface area (Å²) in [6.07, 6.45) is 0. The molecule has 0 fully saturated rings. The van der Waals surface area contributed by atoms with E-state index in [1.54, 1.807) is 25.3 Å². The van der Waals surface area contributed by atoms with Crippen LogP contribution in [-0.2, 0) is 0 Å². The number of hydrogen-bond donors (Lipinski definition) is 1. The maximum atomic E-state index is 12.7. The van der Waals surface area contributed by atoms with Crippen molar-refractivity contribution in [2.75, 3.05) is 7.11 Å². The SMILES string of the molecule is COc1ccccc1-n1c(=S)[nH]c2cc(Br)ccc2c1=O. The van der Waals surface area contributed by atoms with Crippen LogP contribution in [0.3, 0.4) is 0 Å². The number of benzene rings is 2. The third-order valence-corrected chi connectivity index (χ3v) is 3.96. The average molecular weight is 363 g/mol. The van der Waals surface area contributed by atoms with Gasteiger partial charge in [-0.2, -0.15) is 0 Å². The molecular weight excluding hydrogens is 352 g/mol. The molecule has 0 saturated carbocycles. The molecule has 106 valence electrons. The summed E-state index contributed by atoms with van der Waals surface area (Å²) >= 11 is 8.72. The number of methoxy groups -OCH3 is 1. The van der Waals surface area contributed by atoms with Gasteiger partial charge in [0.15, 0.2) is 4.77 Å². The van der Waals surface area contributed by atoms with E-state index in [1.807, 2.05) is 24.3 Å². The zero-order valence-corrected chi connectivity index (χ0v) is 13.5. The second-order valence-corrected chi connectivity index (χ2v) is 5.73. The molecule has 0 unspecified atom stereocenters. The molecule has 0 aliphatic carbocycles. The van der Waals surface area contributed by atoms with E-state index in [2.05, 4.69) is 20.9 Å². The fourth-order valence-electron chi connectivity index (χ4n) is 2.22. The van der Waals surface area contributed by atoms with E-state index in [0.717, 1.165) is 4.47 Å². The Hall–Kier alpha value is -1.92. The fourth-order valence-corrected chi connectivity index (χ4v) is 2.88. The molecular formula is C15H11BrN2O2S. The molecule has 0 amide bonds. The van der Waals surface area contributed by atoms with Crippen molar-refractivity contribution in [3.63, 3.8) is 0 Å². The Morgan fingerprint density at radius 1 is 1.24 bits per heavy atom. The molecule has 1 aromatic heterocycles. The minimum absolute atomic E-state index is 0.175. The van der Waals surface area contributed by atoms with Crippen molar-refractivity contribution in [3.05, 3.63) is 62.1 Å². The van der Waals surface area contributed by atoms with Crippen LogP contribution in [0, 0.1) is 4.77 Å². The van der Waals surface area contributed by atoms with Crippen LogP contribution in [0.4, 0.5) is 0 Å². The minimum Gasteiger partial charge on any atom is -0.495 e. The lowest BCUT2D eigenvalue weighted by Gasteiger charge is -2.11. The zero-order chi connectivity index (χ0) is 15.0. The molecule has 4 nitrogen and oxygen atoms in total. The smallest absolute Gasteiger partial charge is 0.266 e. The first kappa shape index (κ1) is 14.0. The van der Waals surface area contributed by atoms with Gasteiger partial charge in [-0.15, -0.1) is 0 Å². The van der Waals surface area contributed by atoms with E-state index >= 15 is 0 Å². The number of aromatic nitrogens is 2. The molecule has 6 heteroatoms. The number of para-hydroxylation sites is 2. The highest BCUT2D eigenvalue weighted by molar-refractivity contribution is 9.10. The van der Waals surface area contributed by atoms with Crippen LogP contribution in [0.2, 0.25) is 0 Å². The fraction of sp³-hybridized carbons (Fsp3) is 0.0667. The summed E-state index contributed by atoms with van der Waals surface area (Å²) in [5, 5.41) is 0.567. The van der Waals surface area contributed by atoms with E-state index in [0.29, 0.717) is 27.1 Å². The van der Waals surface area contributed by atoms with Gasteiger partial charge in [0, 0.05) is 4.47 Å². The highest BCUT2D eigenvalue weighted by atomic mass is 79.9. The van der Waals surface area contributed by atoms with Crippen molar-refractivity contribution < 1.29 is 4.74 Å². The molecule has 0 atom stereocenters. The molecule has 0 spiro atoms. The van der Waals surface area contributed by atoms with Gasteiger partial charge >= 0.3 is 0 Å². The summed E-state index contributed by atoms with van der Waals surface area (Å²) in [4.78, 5) is 15.8. The van der Waals surface area contributed by atoms with Gasteiger partial charge in [-0.3, -0.25) is 4.79 Å². The molecule has 0 radical (unpaired) electrons. The summed E-state index contributed by atoms with van der Waals surface area (Å²) < 4.78 is 7.98. The van der Waals surface area contributed by atoms with Crippen LogP contribution < -0.4 is 10.3 Å². The number of rotatable bonds is 2. The number of fused-ring (bicyclic) bond motifs is 1. The Bertz CT molecular complexity index is 946. The van der Waals surface area contributed by atoms with Crippen LogP contribution in [0.1, 0.15) is 0 Å². The van der Waals surface area contributed by atoms with Crippen LogP contribution >= 0.6 is 28.1 Å². The van der Waals surface area contributed by atoms with Gasteiger partial charge in [0.2, 0.25) is 0 Å². The molecule has 0 saturated heterocycles. The third-order valence-electron chi connectivity index (χ3n) is 3.19. The van der Waals surface area contributed by atoms with Crippen molar-refractivity contribution in [3.8, 4) is 11.4 Å². The number of nitrogens with one attached hydrogen (secondary N) is 1. The summed E-state index contributed by atoms with van der Waals surface area (Å²) in [5.74, 6) is 0.593. The third kappa shape index (κ3) is 2.41. The van der Waals surface area contributed by atoms with E-state index in [4.69, 9.17) is 17.0 Å². The number of hydrogen-bond acceptors (Lipinski definition) is 3. The Labute approximate surface area is 134 Å². The Morgan fingerprint density at radius 2 is 2.00 bits per heavy atom. The predicted molar refractivity (Wildman–Crippen MR) is 89.0 cm³/mol. The highest BCUT2D eigenvalue weighted by Gasteiger charge is 2.11. The molecule has 1 N–H and O–H groups in total. The molecule has 1 heterocycles. The highest BCUT2D eigenvalue weighted by Crippen LogP contribution is 2.22.